The number of hydrogen-bond donors (Lipinski definition) is 1. The molecule has 0 aliphatic heterocycles. The molecule has 0 spiro atoms. The highest BCUT2D eigenvalue weighted by molar-refractivity contribution is 7.12. The molecule has 0 saturated carbocycles. The van der Waals surface area contributed by atoms with E-state index in [9.17, 15) is 14.9 Å². The molecule has 0 radical (unpaired) electrons. The molecule has 22 heavy (non-hydrogen) atoms. The molecule has 6 nitrogen and oxygen atoms in total. The van der Waals surface area contributed by atoms with Crippen LogP contribution in [0.15, 0.2) is 36.4 Å². The summed E-state index contributed by atoms with van der Waals surface area (Å²) >= 11 is 1.62. The van der Waals surface area contributed by atoms with Crippen LogP contribution in [0.3, 0.4) is 0 Å². The molecule has 2 aromatic rings. The molecule has 0 saturated heterocycles. The van der Waals surface area contributed by atoms with Crippen LogP contribution in [-0.4, -0.2) is 24.5 Å². The predicted octanol–water partition coefficient (Wildman–Crippen LogP) is 3.08. The third-order valence-electron chi connectivity index (χ3n) is 3.15. The topological polar surface area (TPSA) is 81.5 Å². The van der Waals surface area contributed by atoms with Gasteiger partial charge in [-0.3, -0.25) is 14.9 Å². The molecular formula is C15H16N2O4S. The van der Waals surface area contributed by atoms with E-state index in [0.29, 0.717) is 12.1 Å². The van der Waals surface area contributed by atoms with Gasteiger partial charge in [-0.15, -0.1) is 11.3 Å². The number of carbonyl (C=O) groups excluding carboxylic acids is 1. The zero-order valence-electron chi connectivity index (χ0n) is 12.2. The first-order chi connectivity index (χ1) is 10.5. The summed E-state index contributed by atoms with van der Waals surface area (Å²) in [5, 5.41) is 13.4. The fourth-order valence-electron chi connectivity index (χ4n) is 1.95. The first kappa shape index (κ1) is 16.1. The maximum atomic E-state index is 12.0. The summed E-state index contributed by atoms with van der Waals surface area (Å²) in [7, 11) is 1.59. The zero-order chi connectivity index (χ0) is 16.1. The van der Waals surface area contributed by atoms with Crippen LogP contribution in [0.25, 0.3) is 0 Å². The lowest BCUT2D eigenvalue weighted by atomic mass is 10.2. The van der Waals surface area contributed by atoms with Crippen molar-refractivity contribution in [1.29, 1.82) is 0 Å². The van der Waals surface area contributed by atoms with E-state index in [1.54, 1.807) is 18.4 Å². The molecule has 1 N–H and O–H groups in total. The van der Waals surface area contributed by atoms with Gasteiger partial charge in [-0.25, -0.2) is 0 Å². The van der Waals surface area contributed by atoms with Crippen molar-refractivity contribution in [3.8, 4) is 0 Å². The number of amides is 1. The number of nitrogens with one attached hydrogen (secondary N) is 1. The first-order valence-electron chi connectivity index (χ1n) is 6.63. The maximum absolute atomic E-state index is 12.0. The molecule has 0 aliphatic rings. The van der Waals surface area contributed by atoms with Crippen molar-refractivity contribution in [2.75, 3.05) is 13.7 Å². The van der Waals surface area contributed by atoms with Crippen molar-refractivity contribution in [3.05, 3.63) is 61.8 Å². The Hall–Kier alpha value is -2.25. The van der Waals surface area contributed by atoms with Crippen LogP contribution in [0.4, 0.5) is 5.69 Å². The lowest BCUT2D eigenvalue weighted by Gasteiger charge is -2.14. The molecule has 116 valence electrons. The minimum Gasteiger partial charge on any atom is -0.374 e. The van der Waals surface area contributed by atoms with Crippen molar-refractivity contribution < 1.29 is 14.5 Å². The van der Waals surface area contributed by atoms with Crippen LogP contribution in [0.1, 0.15) is 26.2 Å². The Morgan fingerprint density at radius 3 is 2.50 bits per heavy atom. The average molecular weight is 320 g/mol. The highest BCUT2D eigenvalue weighted by atomic mass is 32.1. The van der Waals surface area contributed by atoms with Crippen molar-refractivity contribution in [3.63, 3.8) is 0 Å². The van der Waals surface area contributed by atoms with E-state index in [4.69, 9.17) is 4.74 Å². The molecule has 0 aliphatic carbocycles. The van der Waals surface area contributed by atoms with Crippen molar-refractivity contribution in [1.82, 2.24) is 5.32 Å². The molecule has 0 bridgehead atoms. The van der Waals surface area contributed by atoms with Crippen molar-refractivity contribution in [2.24, 2.45) is 0 Å². The number of hydrogen-bond acceptors (Lipinski definition) is 5. The van der Waals surface area contributed by atoms with Crippen LogP contribution < -0.4 is 5.32 Å². The van der Waals surface area contributed by atoms with Gasteiger partial charge in [0.05, 0.1) is 4.92 Å². The summed E-state index contributed by atoms with van der Waals surface area (Å²) in [6, 6.07) is 9.47. The van der Waals surface area contributed by atoms with Crippen molar-refractivity contribution >= 4 is 22.9 Å². The van der Waals surface area contributed by atoms with Gasteiger partial charge in [-0.05, 0) is 31.2 Å². The molecule has 1 unspecified atom stereocenters. The van der Waals surface area contributed by atoms with E-state index in [2.05, 4.69) is 5.32 Å². The lowest BCUT2D eigenvalue weighted by molar-refractivity contribution is -0.384. The summed E-state index contributed by atoms with van der Waals surface area (Å²) in [5.41, 5.74) is 0.336. The van der Waals surface area contributed by atoms with Gasteiger partial charge in [0.1, 0.15) is 6.10 Å². The Balaban J connectivity index is 1.97. The third kappa shape index (κ3) is 3.90. The highest BCUT2D eigenvalue weighted by Crippen LogP contribution is 2.24. The highest BCUT2D eigenvalue weighted by Gasteiger charge is 2.15. The first-order valence-corrected chi connectivity index (χ1v) is 7.44. The van der Waals surface area contributed by atoms with Gasteiger partial charge in [0.15, 0.2) is 0 Å². The van der Waals surface area contributed by atoms with E-state index in [1.807, 2.05) is 19.1 Å². The Morgan fingerprint density at radius 2 is 2.00 bits per heavy atom. The normalized spacial score (nSPS) is 11.9. The monoisotopic (exact) mass is 320 g/mol. The largest absolute Gasteiger partial charge is 0.374 e. The minimum absolute atomic E-state index is 0.0413. The molecule has 2 rings (SSSR count). The van der Waals surface area contributed by atoms with Gasteiger partial charge in [0.25, 0.3) is 11.6 Å². The van der Waals surface area contributed by atoms with E-state index in [0.717, 1.165) is 4.88 Å². The molecule has 1 heterocycles. The smallest absolute Gasteiger partial charge is 0.269 e. The summed E-state index contributed by atoms with van der Waals surface area (Å²) in [6.07, 6.45) is -0.208. The summed E-state index contributed by atoms with van der Waals surface area (Å²) in [5.74, 6) is -0.287. The number of ether oxygens (including phenoxy) is 1. The Bertz CT molecular complexity index is 666. The second kappa shape index (κ2) is 7.15. The van der Waals surface area contributed by atoms with E-state index in [-0.39, 0.29) is 17.7 Å². The number of benzene rings is 1. The zero-order valence-corrected chi connectivity index (χ0v) is 13.1. The van der Waals surface area contributed by atoms with Crippen LogP contribution >= 0.6 is 11.3 Å². The van der Waals surface area contributed by atoms with Gasteiger partial charge in [0, 0.05) is 41.1 Å². The predicted molar refractivity (Wildman–Crippen MR) is 84.2 cm³/mol. The minimum atomic E-state index is -0.498. The number of nitro benzene ring substituents is 1. The third-order valence-corrected chi connectivity index (χ3v) is 4.24. The molecule has 1 aromatic heterocycles. The number of rotatable bonds is 6. The van der Waals surface area contributed by atoms with Crippen LogP contribution in [0.2, 0.25) is 0 Å². The van der Waals surface area contributed by atoms with Gasteiger partial charge < -0.3 is 10.1 Å². The number of aryl methyl sites for hydroxylation is 1. The Labute approximate surface area is 131 Å². The molecule has 1 amide bonds. The summed E-state index contributed by atoms with van der Waals surface area (Å²) in [6.45, 7) is 2.35. The molecular weight excluding hydrogens is 304 g/mol. The Morgan fingerprint density at radius 1 is 1.32 bits per heavy atom. The van der Waals surface area contributed by atoms with Crippen LogP contribution in [0, 0.1) is 17.0 Å². The van der Waals surface area contributed by atoms with Gasteiger partial charge >= 0.3 is 0 Å². The van der Waals surface area contributed by atoms with Crippen LogP contribution in [0.5, 0.6) is 0 Å². The number of nitro groups is 1. The van der Waals surface area contributed by atoms with Gasteiger partial charge in [-0.2, -0.15) is 0 Å². The second-order valence-electron chi connectivity index (χ2n) is 4.69. The number of thiophene rings is 1. The number of nitrogens with zero attached hydrogens (tertiary/aromatic N) is 1. The van der Waals surface area contributed by atoms with E-state index >= 15 is 0 Å². The standard InChI is InChI=1S/C15H16N2O4S/c1-10-3-8-14(22-10)13(21-2)9-16-15(18)11-4-6-12(7-5-11)17(19)20/h3-8,13H,9H2,1-2H3,(H,16,18). The number of carbonyl (C=O) groups is 1. The fraction of sp³-hybridized carbons (Fsp3) is 0.267. The molecule has 1 aromatic carbocycles. The van der Waals surface area contributed by atoms with Crippen LogP contribution in [-0.2, 0) is 4.74 Å². The van der Waals surface area contributed by atoms with Crippen molar-refractivity contribution in [2.45, 2.75) is 13.0 Å². The van der Waals surface area contributed by atoms with E-state index in [1.165, 1.54) is 29.1 Å². The Kier molecular flexibility index (Phi) is 5.24. The second-order valence-corrected chi connectivity index (χ2v) is 6.01. The quantitative estimate of drug-likeness (QED) is 0.655. The average Bonchev–Trinajstić information content (AvgIpc) is 2.94. The lowest BCUT2D eigenvalue weighted by Crippen LogP contribution is -2.28. The SMILES string of the molecule is COC(CNC(=O)c1ccc([N+](=O)[O-])cc1)c1ccc(C)s1. The number of methoxy groups -OCH3 is 1. The number of non-ortho nitro benzene ring substituents is 1. The maximum Gasteiger partial charge on any atom is 0.269 e. The van der Waals surface area contributed by atoms with Gasteiger partial charge in [0.2, 0.25) is 0 Å². The summed E-state index contributed by atoms with van der Waals surface area (Å²) < 4.78 is 5.39. The molecule has 0 fully saturated rings. The summed E-state index contributed by atoms with van der Waals surface area (Å²) in [4.78, 5) is 24.4. The molecule has 1 atom stereocenters. The fourth-order valence-corrected chi connectivity index (χ4v) is 2.90. The van der Waals surface area contributed by atoms with E-state index < -0.39 is 4.92 Å². The molecule has 7 heteroatoms. The van der Waals surface area contributed by atoms with Gasteiger partial charge in [-0.1, -0.05) is 0 Å².